The van der Waals surface area contributed by atoms with Crippen molar-refractivity contribution in [1.82, 2.24) is 9.97 Å². The van der Waals surface area contributed by atoms with Gasteiger partial charge in [0.15, 0.2) is 11.6 Å². The van der Waals surface area contributed by atoms with E-state index in [0.717, 1.165) is 40.3 Å². The molecule has 176 valence electrons. The number of pyridine rings is 2. The van der Waals surface area contributed by atoms with E-state index in [4.69, 9.17) is 10.5 Å². The lowest BCUT2D eigenvalue weighted by atomic mass is 10.0. The number of hydrogen-bond donors (Lipinski definition) is 1. The summed E-state index contributed by atoms with van der Waals surface area (Å²) in [6.45, 7) is 0.364. The fourth-order valence-electron chi connectivity index (χ4n) is 4.00. The van der Waals surface area contributed by atoms with Gasteiger partial charge in [-0.1, -0.05) is 24.3 Å². The van der Waals surface area contributed by atoms with Gasteiger partial charge in [0.1, 0.15) is 12.4 Å². The summed E-state index contributed by atoms with van der Waals surface area (Å²) >= 11 is 1.63. The molecule has 5 rings (SSSR count). The number of nitrogens with zero attached hydrogens (tertiary/aromatic N) is 2. The van der Waals surface area contributed by atoms with Gasteiger partial charge in [-0.2, -0.15) is 0 Å². The van der Waals surface area contributed by atoms with Crippen LogP contribution in [0.5, 0.6) is 5.75 Å². The summed E-state index contributed by atoms with van der Waals surface area (Å²) in [5, 5.41) is 0.465. The summed E-state index contributed by atoms with van der Waals surface area (Å²) in [7, 11) is 0. The fourth-order valence-corrected chi connectivity index (χ4v) is 5.31. The van der Waals surface area contributed by atoms with Crippen LogP contribution in [0.15, 0.2) is 60.8 Å². The zero-order valence-electron chi connectivity index (χ0n) is 18.6. The van der Waals surface area contributed by atoms with Crippen LogP contribution >= 0.6 is 11.8 Å². The van der Waals surface area contributed by atoms with Crippen molar-refractivity contribution in [2.24, 2.45) is 5.73 Å². The van der Waals surface area contributed by atoms with E-state index in [1.807, 2.05) is 42.5 Å². The number of aromatic nitrogens is 2. The summed E-state index contributed by atoms with van der Waals surface area (Å²) in [6, 6.07) is 15.6. The fraction of sp³-hybridized carbons (Fsp3) is 0.148. The van der Waals surface area contributed by atoms with Crippen LogP contribution in [0, 0.1) is 11.6 Å². The smallest absolute Gasteiger partial charge is 0.218 e. The third-order valence-electron chi connectivity index (χ3n) is 5.72. The van der Waals surface area contributed by atoms with E-state index in [1.165, 1.54) is 0 Å². The van der Waals surface area contributed by atoms with Crippen molar-refractivity contribution in [1.29, 1.82) is 0 Å². The standard InChI is InChI=1S/C27H21F2N3O2S/c28-21-13-17-5-7-18(32-23(17)14-22(21)29)6-3-16-4-8-25-20(12-16)27(35-11-9-26(30)33)19-2-1-10-31-24(19)15-34-25/h1-8,10,12-14,27H,9,11,15H2,(H2,30,33). The predicted octanol–water partition coefficient (Wildman–Crippen LogP) is 5.67. The minimum absolute atomic E-state index is 0.0689. The van der Waals surface area contributed by atoms with Crippen molar-refractivity contribution in [3.05, 3.63) is 101 Å². The molecule has 2 aromatic heterocycles. The van der Waals surface area contributed by atoms with Crippen LogP contribution in [0.1, 0.15) is 39.7 Å². The van der Waals surface area contributed by atoms with Crippen LogP contribution in [0.25, 0.3) is 23.1 Å². The van der Waals surface area contributed by atoms with Crippen molar-refractivity contribution < 1.29 is 18.3 Å². The SMILES string of the molecule is NC(=O)CCSC1c2cc(C=Cc3ccc4cc(F)c(F)cc4n3)ccc2OCc2ncccc21. The van der Waals surface area contributed by atoms with E-state index >= 15 is 0 Å². The molecule has 1 unspecified atom stereocenters. The largest absolute Gasteiger partial charge is 0.487 e. The molecule has 0 aliphatic carbocycles. The topological polar surface area (TPSA) is 78.1 Å². The number of amides is 1. The number of halogens is 2. The Balaban J connectivity index is 1.47. The van der Waals surface area contributed by atoms with E-state index in [2.05, 4.69) is 9.97 Å². The van der Waals surface area contributed by atoms with Crippen LogP contribution in [-0.4, -0.2) is 21.6 Å². The number of primary amides is 1. The van der Waals surface area contributed by atoms with E-state index in [1.54, 1.807) is 30.1 Å². The van der Waals surface area contributed by atoms with Gasteiger partial charge in [-0.3, -0.25) is 9.78 Å². The molecule has 2 aromatic carbocycles. The van der Waals surface area contributed by atoms with E-state index < -0.39 is 11.6 Å². The van der Waals surface area contributed by atoms with Gasteiger partial charge in [0.25, 0.3) is 0 Å². The summed E-state index contributed by atoms with van der Waals surface area (Å²) in [5.41, 5.74) is 10.2. The van der Waals surface area contributed by atoms with E-state index in [-0.39, 0.29) is 17.6 Å². The molecule has 0 radical (unpaired) electrons. The quantitative estimate of drug-likeness (QED) is 0.378. The van der Waals surface area contributed by atoms with Crippen molar-refractivity contribution >= 4 is 40.7 Å². The number of rotatable bonds is 6. The lowest BCUT2D eigenvalue weighted by Crippen LogP contribution is -2.12. The van der Waals surface area contributed by atoms with E-state index in [0.29, 0.717) is 29.0 Å². The molecule has 1 amide bonds. The Labute approximate surface area is 205 Å². The highest BCUT2D eigenvalue weighted by atomic mass is 32.2. The maximum Gasteiger partial charge on any atom is 0.218 e. The number of fused-ring (bicyclic) bond motifs is 3. The van der Waals surface area contributed by atoms with Crippen LogP contribution in [-0.2, 0) is 11.4 Å². The first-order chi connectivity index (χ1) is 17.0. The highest BCUT2D eigenvalue weighted by Crippen LogP contribution is 2.44. The maximum atomic E-state index is 13.6. The highest BCUT2D eigenvalue weighted by molar-refractivity contribution is 7.99. The highest BCUT2D eigenvalue weighted by Gasteiger charge is 2.26. The number of benzene rings is 2. The van der Waals surface area contributed by atoms with Gasteiger partial charge in [0.05, 0.1) is 22.2 Å². The number of ether oxygens (including phenoxy) is 1. The predicted molar refractivity (Wildman–Crippen MR) is 134 cm³/mol. The molecule has 0 fully saturated rings. The molecule has 2 N–H and O–H groups in total. The monoisotopic (exact) mass is 489 g/mol. The second-order valence-electron chi connectivity index (χ2n) is 8.12. The molecule has 0 bridgehead atoms. The molecular formula is C27H21F2N3O2S. The Bertz CT molecular complexity index is 1460. The number of thioether (sulfide) groups is 1. The summed E-state index contributed by atoms with van der Waals surface area (Å²) < 4.78 is 33.1. The third kappa shape index (κ3) is 5.02. The molecule has 1 aliphatic heterocycles. The molecule has 1 atom stereocenters. The first-order valence-electron chi connectivity index (χ1n) is 11.0. The summed E-state index contributed by atoms with van der Waals surface area (Å²) in [6.07, 6.45) is 5.76. The minimum Gasteiger partial charge on any atom is -0.487 e. The summed E-state index contributed by atoms with van der Waals surface area (Å²) in [4.78, 5) is 20.2. The second-order valence-corrected chi connectivity index (χ2v) is 9.33. The number of carbonyl (C=O) groups is 1. The molecule has 3 heterocycles. The number of carbonyl (C=O) groups excluding carboxylic acids is 1. The van der Waals surface area contributed by atoms with Crippen LogP contribution < -0.4 is 10.5 Å². The van der Waals surface area contributed by atoms with Gasteiger partial charge < -0.3 is 10.5 Å². The Morgan fingerprint density at radius 1 is 1.09 bits per heavy atom. The lowest BCUT2D eigenvalue weighted by molar-refractivity contribution is -0.117. The van der Waals surface area contributed by atoms with Gasteiger partial charge in [0, 0.05) is 35.4 Å². The Hall–Kier alpha value is -3.78. The number of hydrogen-bond acceptors (Lipinski definition) is 5. The van der Waals surface area contributed by atoms with Crippen LogP contribution in [0.4, 0.5) is 8.78 Å². The molecule has 8 heteroatoms. The van der Waals surface area contributed by atoms with Gasteiger partial charge >= 0.3 is 0 Å². The maximum absolute atomic E-state index is 13.6. The van der Waals surface area contributed by atoms with Crippen molar-refractivity contribution in [2.45, 2.75) is 18.3 Å². The van der Waals surface area contributed by atoms with Crippen LogP contribution in [0.3, 0.4) is 0 Å². The van der Waals surface area contributed by atoms with Gasteiger partial charge in [-0.15, -0.1) is 11.8 Å². The van der Waals surface area contributed by atoms with Crippen molar-refractivity contribution in [3.63, 3.8) is 0 Å². The Morgan fingerprint density at radius 2 is 1.94 bits per heavy atom. The average Bonchev–Trinajstić information content (AvgIpc) is 3.00. The normalized spacial score (nSPS) is 14.9. The lowest BCUT2D eigenvalue weighted by Gasteiger charge is -2.18. The molecule has 0 saturated carbocycles. The average molecular weight is 490 g/mol. The Kier molecular flexibility index (Phi) is 6.46. The molecule has 0 saturated heterocycles. The van der Waals surface area contributed by atoms with E-state index in [9.17, 15) is 13.6 Å². The van der Waals surface area contributed by atoms with Gasteiger partial charge in [-0.25, -0.2) is 13.8 Å². The minimum atomic E-state index is -0.925. The van der Waals surface area contributed by atoms with Crippen LogP contribution in [0.2, 0.25) is 0 Å². The third-order valence-corrected chi connectivity index (χ3v) is 7.00. The second kappa shape index (κ2) is 9.84. The zero-order valence-corrected chi connectivity index (χ0v) is 19.4. The molecule has 1 aliphatic rings. The Morgan fingerprint density at radius 3 is 2.80 bits per heavy atom. The molecule has 0 spiro atoms. The molecular weight excluding hydrogens is 468 g/mol. The molecule has 5 nitrogen and oxygen atoms in total. The first-order valence-corrected chi connectivity index (χ1v) is 12.1. The zero-order chi connectivity index (χ0) is 24.4. The molecule has 35 heavy (non-hydrogen) atoms. The van der Waals surface area contributed by atoms with Crippen molar-refractivity contribution in [2.75, 3.05) is 5.75 Å². The van der Waals surface area contributed by atoms with Gasteiger partial charge in [-0.05, 0) is 47.5 Å². The van der Waals surface area contributed by atoms with Crippen molar-refractivity contribution in [3.8, 4) is 5.75 Å². The van der Waals surface area contributed by atoms with Gasteiger partial charge in [0.2, 0.25) is 5.91 Å². The molecule has 4 aromatic rings. The first kappa shape index (κ1) is 23.0. The number of nitrogens with two attached hydrogens (primary N) is 1. The summed E-state index contributed by atoms with van der Waals surface area (Å²) in [5.74, 6) is -0.818.